The van der Waals surface area contributed by atoms with Gasteiger partial charge in [-0.1, -0.05) is 38.7 Å². The third kappa shape index (κ3) is 9.00. The summed E-state index contributed by atoms with van der Waals surface area (Å²) in [6.07, 6.45) is 6.51. The predicted molar refractivity (Wildman–Crippen MR) is 134 cm³/mol. The Morgan fingerprint density at radius 2 is 1.72 bits per heavy atom. The maximum absolute atomic E-state index is 12.9. The van der Waals surface area contributed by atoms with Gasteiger partial charge >= 0.3 is 11.9 Å². The molecule has 2 heterocycles. The van der Waals surface area contributed by atoms with Gasteiger partial charge in [0.15, 0.2) is 11.5 Å². The van der Waals surface area contributed by atoms with Crippen molar-refractivity contribution in [2.75, 3.05) is 32.8 Å². The number of hydrogen-bond donors (Lipinski definition) is 2. The summed E-state index contributed by atoms with van der Waals surface area (Å²) in [6, 6.07) is 4.90. The first-order valence-electron chi connectivity index (χ1n) is 13.3. The van der Waals surface area contributed by atoms with Crippen LogP contribution in [0.25, 0.3) is 0 Å². The molecule has 2 N–H and O–H groups in total. The minimum Gasteiger partial charge on any atom is -0.486 e. The van der Waals surface area contributed by atoms with E-state index in [1.54, 1.807) is 12.1 Å². The first kappa shape index (κ1) is 27.8. The third-order valence-electron chi connectivity index (χ3n) is 6.57. The maximum Gasteiger partial charge on any atom is 0.307 e. The number of hydrogen-bond acceptors (Lipinski definition) is 7. The Bertz CT molecular complexity index is 870. The van der Waals surface area contributed by atoms with Crippen LogP contribution >= 0.6 is 0 Å². The lowest BCUT2D eigenvalue weighted by Crippen LogP contribution is -2.47. The number of benzene rings is 1. The largest absolute Gasteiger partial charge is 0.486 e. The molecule has 3 rings (SSSR count). The van der Waals surface area contributed by atoms with E-state index in [4.69, 9.17) is 19.3 Å². The van der Waals surface area contributed by atoms with E-state index < -0.39 is 24.1 Å². The van der Waals surface area contributed by atoms with Gasteiger partial charge in [-0.25, -0.2) is 0 Å². The lowest BCUT2D eigenvalue weighted by atomic mass is 9.99. The van der Waals surface area contributed by atoms with E-state index in [0.717, 1.165) is 58.0 Å². The van der Waals surface area contributed by atoms with Crippen molar-refractivity contribution in [3.05, 3.63) is 23.8 Å². The molecule has 2 atom stereocenters. The molecular formula is C27H40N2O7. The number of aliphatic carboxylic acids is 1. The van der Waals surface area contributed by atoms with Gasteiger partial charge in [0.2, 0.25) is 5.91 Å². The van der Waals surface area contributed by atoms with Crippen molar-refractivity contribution in [3.63, 3.8) is 0 Å². The number of fused-ring (bicyclic) bond motifs is 1. The number of esters is 1. The van der Waals surface area contributed by atoms with Gasteiger partial charge in [0.25, 0.3) is 0 Å². The molecule has 2 aliphatic heterocycles. The summed E-state index contributed by atoms with van der Waals surface area (Å²) in [6.45, 7) is 5.42. The number of carbonyl (C=O) groups is 3. The molecule has 2 unspecified atom stereocenters. The minimum absolute atomic E-state index is 0.0696. The second-order valence-corrected chi connectivity index (χ2v) is 9.55. The number of rotatable bonds is 15. The number of carboxylic acids is 1. The molecule has 1 saturated heterocycles. The summed E-state index contributed by atoms with van der Waals surface area (Å²) in [4.78, 5) is 38.8. The Hall–Kier alpha value is -2.81. The third-order valence-corrected chi connectivity index (χ3v) is 6.57. The van der Waals surface area contributed by atoms with Crippen LogP contribution in [-0.4, -0.2) is 66.7 Å². The number of nitrogens with zero attached hydrogens (tertiary/aromatic N) is 1. The monoisotopic (exact) mass is 504 g/mol. The molecule has 0 aliphatic carbocycles. The highest BCUT2D eigenvalue weighted by Crippen LogP contribution is 2.35. The number of unbranched alkanes of at least 4 members (excludes halogenated alkanes) is 4. The molecule has 2 aliphatic rings. The highest BCUT2D eigenvalue weighted by Gasteiger charge is 2.32. The zero-order valence-corrected chi connectivity index (χ0v) is 21.3. The predicted octanol–water partition coefficient (Wildman–Crippen LogP) is 3.85. The SMILES string of the molecule is CCCCCCCC(=O)NC(CN1CCCC1)C(OC(=O)CCC(=O)O)c1ccc2c(c1)OCCO2. The molecule has 0 radical (unpaired) electrons. The van der Waals surface area contributed by atoms with Gasteiger partial charge in [-0.2, -0.15) is 0 Å². The topological polar surface area (TPSA) is 114 Å². The van der Waals surface area contributed by atoms with E-state index in [0.29, 0.717) is 43.2 Å². The molecule has 0 spiro atoms. The second-order valence-electron chi connectivity index (χ2n) is 9.55. The molecule has 1 fully saturated rings. The normalized spacial score (nSPS) is 16.8. The molecular weight excluding hydrogens is 464 g/mol. The van der Waals surface area contributed by atoms with Crippen molar-refractivity contribution in [2.24, 2.45) is 0 Å². The van der Waals surface area contributed by atoms with Gasteiger partial charge in [-0.15, -0.1) is 0 Å². The Labute approximate surface area is 213 Å². The van der Waals surface area contributed by atoms with E-state index in [9.17, 15) is 14.4 Å². The fourth-order valence-corrected chi connectivity index (χ4v) is 4.66. The number of ether oxygens (including phenoxy) is 3. The quantitative estimate of drug-likeness (QED) is 0.273. The summed E-state index contributed by atoms with van der Waals surface area (Å²) < 4.78 is 17.2. The van der Waals surface area contributed by atoms with Crippen molar-refractivity contribution in [3.8, 4) is 11.5 Å². The van der Waals surface area contributed by atoms with E-state index >= 15 is 0 Å². The van der Waals surface area contributed by atoms with Crippen molar-refractivity contribution >= 4 is 17.8 Å². The average molecular weight is 505 g/mol. The summed E-state index contributed by atoms with van der Waals surface area (Å²) in [5, 5.41) is 12.1. The fourth-order valence-electron chi connectivity index (χ4n) is 4.66. The lowest BCUT2D eigenvalue weighted by molar-refractivity contribution is -0.154. The Morgan fingerprint density at radius 3 is 2.44 bits per heavy atom. The van der Waals surface area contributed by atoms with Crippen molar-refractivity contribution in [1.29, 1.82) is 0 Å². The van der Waals surface area contributed by atoms with Crippen LogP contribution in [-0.2, 0) is 19.1 Å². The highest BCUT2D eigenvalue weighted by atomic mass is 16.6. The van der Waals surface area contributed by atoms with Crippen molar-refractivity contribution in [2.45, 2.75) is 83.3 Å². The van der Waals surface area contributed by atoms with E-state index in [-0.39, 0.29) is 18.7 Å². The van der Waals surface area contributed by atoms with Gasteiger partial charge in [0.1, 0.15) is 19.3 Å². The van der Waals surface area contributed by atoms with Crippen LogP contribution in [0.15, 0.2) is 18.2 Å². The molecule has 36 heavy (non-hydrogen) atoms. The molecule has 9 heteroatoms. The van der Waals surface area contributed by atoms with E-state index in [1.165, 1.54) is 0 Å². The van der Waals surface area contributed by atoms with Crippen LogP contribution in [0.4, 0.5) is 0 Å². The Kier molecular flexibility index (Phi) is 11.3. The van der Waals surface area contributed by atoms with Crippen LogP contribution in [0.2, 0.25) is 0 Å². The average Bonchev–Trinajstić information content (AvgIpc) is 3.38. The molecule has 200 valence electrons. The van der Waals surface area contributed by atoms with Gasteiger partial charge in [-0.05, 0) is 50.0 Å². The zero-order valence-electron chi connectivity index (χ0n) is 21.3. The van der Waals surface area contributed by atoms with Gasteiger partial charge < -0.3 is 29.5 Å². The number of amides is 1. The molecule has 0 aromatic heterocycles. The van der Waals surface area contributed by atoms with E-state index in [1.807, 2.05) is 6.07 Å². The summed E-state index contributed by atoms with van der Waals surface area (Å²) in [5.74, 6) is -0.564. The smallest absolute Gasteiger partial charge is 0.307 e. The summed E-state index contributed by atoms with van der Waals surface area (Å²) in [5.41, 5.74) is 0.676. The number of carbonyl (C=O) groups excluding carboxylic acids is 2. The van der Waals surface area contributed by atoms with E-state index in [2.05, 4.69) is 17.1 Å². The summed E-state index contributed by atoms with van der Waals surface area (Å²) >= 11 is 0. The first-order valence-corrected chi connectivity index (χ1v) is 13.3. The van der Waals surface area contributed by atoms with Gasteiger partial charge in [0, 0.05) is 13.0 Å². The van der Waals surface area contributed by atoms with Crippen LogP contribution in [0.1, 0.15) is 82.8 Å². The van der Waals surface area contributed by atoms with Crippen LogP contribution in [0.5, 0.6) is 11.5 Å². The minimum atomic E-state index is -1.06. The fraction of sp³-hybridized carbons (Fsp3) is 0.667. The van der Waals surface area contributed by atoms with Crippen LogP contribution < -0.4 is 14.8 Å². The standard InChI is InChI=1S/C27H40N2O7/c1-2-3-4-5-6-9-24(30)28-21(19-29-14-7-8-15-29)27(36-26(33)13-12-25(31)32)20-10-11-22-23(18-20)35-17-16-34-22/h10-11,18,21,27H,2-9,12-17,19H2,1H3,(H,28,30)(H,31,32). The second kappa shape index (κ2) is 14.7. The van der Waals surface area contributed by atoms with Gasteiger partial charge in [-0.3, -0.25) is 14.4 Å². The molecule has 1 aromatic rings. The highest BCUT2D eigenvalue weighted by molar-refractivity contribution is 5.77. The molecule has 1 amide bonds. The number of likely N-dealkylation sites (tertiary alicyclic amines) is 1. The number of nitrogens with one attached hydrogen (secondary N) is 1. The van der Waals surface area contributed by atoms with Crippen LogP contribution in [0.3, 0.4) is 0 Å². The van der Waals surface area contributed by atoms with Crippen molar-refractivity contribution < 1.29 is 33.7 Å². The maximum atomic E-state index is 12.9. The molecule has 9 nitrogen and oxygen atoms in total. The summed E-state index contributed by atoms with van der Waals surface area (Å²) in [7, 11) is 0. The first-order chi connectivity index (χ1) is 17.5. The Morgan fingerprint density at radius 1 is 1.00 bits per heavy atom. The van der Waals surface area contributed by atoms with Crippen LogP contribution in [0, 0.1) is 0 Å². The zero-order chi connectivity index (χ0) is 25.8. The molecule has 0 bridgehead atoms. The molecule has 1 aromatic carbocycles. The lowest BCUT2D eigenvalue weighted by Gasteiger charge is -2.32. The van der Waals surface area contributed by atoms with Crippen molar-refractivity contribution in [1.82, 2.24) is 10.2 Å². The molecule has 0 saturated carbocycles. The van der Waals surface area contributed by atoms with Gasteiger partial charge in [0.05, 0.1) is 18.9 Å². The Balaban J connectivity index is 1.79. The number of carboxylic acid groups (broad SMARTS) is 1.